The van der Waals surface area contributed by atoms with Crippen LogP contribution in [-0.4, -0.2) is 8.32 Å². The van der Waals surface area contributed by atoms with Gasteiger partial charge in [-0.3, -0.25) is 0 Å². The van der Waals surface area contributed by atoms with E-state index in [2.05, 4.69) is 33.9 Å². The maximum absolute atomic E-state index is 10.9. The van der Waals surface area contributed by atoms with Crippen LogP contribution >= 0.6 is 0 Å². The molecule has 1 aromatic rings. The molecule has 0 bridgehead atoms. The molecule has 1 heterocycles. The third-order valence-corrected chi connectivity index (χ3v) is 7.76. The molecular weight excluding hydrogens is 218 g/mol. The van der Waals surface area contributed by atoms with Crippen LogP contribution in [0.4, 0.5) is 0 Å². The van der Waals surface area contributed by atoms with E-state index in [0.29, 0.717) is 6.61 Å². The van der Waals surface area contributed by atoms with Crippen molar-refractivity contribution in [3.05, 3.63) is 35.3 Å². The minimum Gasteiger partial charge on any atom is -0.619 e. The summed E-state index contributed by atoms with van der Waals surface area (Å²) in [5.74, 6) is 0. The van der Waals surface area contributed by atoms with E-state index in [-0.39, 0.29) is 5.04 Å². The molecule has 0 spiro atoms. The van der Waals surface area contributed by atoms with Crippen LogP contribution in [0.25, 0.3) is 0 Å². The van der Waals surface area contributed by atoms with E-state index in [0.717, 1.165) is 10.3 Å². The van der Waals surface area contributed by atoms with Gasteiger partial charge in [0.15, 0.2) is 20.7 Å². The van der Waals surface area contributed by atoms with Crippen molar-refractivity contribution in [2.45, 2.75) is 45.5 Å². The number of rotatable bonds is 3. The van der Waals surface area contributed by atoms with Crippen molar-refractivity contribution >= 4 is 8.32 Å². The Labute approximate surface area is 98.8 Å². The molecule has 1 aromatic heterocycles. The molecule has 1 rings (SSSR count). The van der Waals surface area contributed by atoms with Crippen molar-refractivity contribution < 1.29 is 9.16 Å². The Morgan fingerprint density at radius 2 is 1.75 bits per heavy atom. The van der Waals surface area contributed by atoms with Crippen LogP contribution in [0.15, 0.2) is 24.5 Å². The Morgan fingerprint density at radius 1 is 1.25 bits per heavy atom. The highest BCUT2D eigenvalue weighted by Crippen LogP contribution is 2.36. The first kappa shape index (κ1) is 13.2. The summed E-state index contributed by atoms with van der Waals surface area (Å²) in [6.45, 7) is 11.7. The molecule has 0 aliphatic heterocycles. The third-order valence-electron chi connectivity index (χ3n) is 3.28. The van der Waals surface area contributed by atoms with E-state index in [1.807, 2.05) is 0 Å². The van der Waals surface area contributed by atoms with Crippen molar-refractivity contribution in [3.63, 3.8) is 0 Å². The Bertz CT molecular complexity index is 341. The zero-order chi connectivity index (χ0) is 12.4. The van der Waals surface area contributed by atoms with Crippen molar-refractivity contribution in [3.8, 4) is 0 Å². The quantitative estimate of drug-likeness (QED) is 0.462. The van der Waals surface area contributed by atoms with Crippen molar-refractivity contribution in [2.24, 2.45) is 0 Å². The summed E-state index contributed by atoms with van der Waals surface area (Å²) in [6.07, 6.45) is 3.01. The van der Waals surface area contributed by atoms with E-state index in [1.165, 1.54) is 12.4 Å². The Hall–Kier alpha value is -0.873. The molecule has 0 N–H and O–H groups in total. The third kappa shape index (κ3) is 3.32. The molecule has 0 aromatic carbocycles. The maximum atomic E-state index is 10.9. The SMILES string of the molecule is CC(C)(C)[Si](C)(C)OCc1cc[n+]([O-])cc1. The molecule has 0 aliphatic carbocycles. The van der Waals surface area contributed by atoms with Crippen LogP contribution in [0.5, 0.6) is 0 Å². The summed E-state index contributed by atoms with van der Waals surface area (Å²) in [7, 11) is -1.69. The summed E-state index contributed by atoms with van der Waals surface area (Å²) in [4.78, 5) is 0. The van der Waals surface area contributed by atoms with Gasteiger partial charge in [0.05, 0.1) is 6.61 Å². The van der Waals surface area contributed by atoms with Crippen molar-refractivity contribution in [1.82, 2.24) is 0 Å². The summed E-state index contributed by atoms with van der Waals surface area (Å²) in [6, 6.07) is 3.61. The molecule has 16 heavy (non-hydrogen) atoms. The van der Waals surface area contributed by atoms with Crippen LogP contribution in [0.3, 0.4) is 0 Å². The fourth-order valence-electron chi connectivity index (χ4n) is 1.02. The minimum absolute atomic E-state index is 0.222. The lowest BCUT2D eigenvalue weighted by atomic mass is 10.2. The molecule has 0 atom stereocenters. The molecule has 0 amide bonds. The fraction of sp³-hybridized carbons (Fsp3) is 0.583. The van der Waals surface area contributed by atoms with Crippen LogP contribution in [0.2, 0.25) is 18.1 Å². The molecule has 0 saturated carbocycles. The lowest BCUT2D eigenvalue weighted by Crippen LogP contribution is -2.40. The summed E-state index contributed by atoms with van der Waals surface area (Å²) in [5.41, 5.74) is 1.05. The highest BCUT2D eigenvalue weighted by molar-refractivity contribution is 6.74. The van der Waals surface area contributed by atoms with Gasteiger partial charge in [-0.15, -0.1) is 0 Å². The van der Waals surface area contributed by atoms with Crippen LogP contribution in [0, 0.1) is 5.21 Å². The predicted octanol–water partition coefficient (Wildman–Crippen LogP) is 2.84. The minimum atomic E-state index is -1.69. The molecule has 3 nitrogen and oxygen atoms in total. The van der Waals surface area contributed by atoms with E-state index in [1.54, 1.807) is 12.1 Å². The maximum Gasteiger partial charge on any atom is 0.192 e. The number of nitrogens with zero attached hydrogens (tertiary/aromatic N) is 1. The molecule has 4 heteroatoms. The van der Waals surface area contributed by atoms with E-state index in [9.17, 15) is 5.21 Å². The van der Waals surface area contributed by atoms with Gasteiger partial charge in [-0.1, -0.05) is 20.8 Å². The molecule has 0 aliphatic rings. The molecule has 0 radical (unpaired) electrons. The number of aromatic nitrogens is 1. The first-order valence-corrected chi connectivity index (χ1v) is 8.45. The van der Waals surface area contributed by atoms with Gasteiger partial charge >= 0.3 is 0 Å². The fourth-order valence-corrected chi connectivity index (χ4v) is 1.98. The first-order chi connectivity index (χ1) is 7.22. The Morgan fingerprint density at radius 3 is 2.19 bits per heavy atom. The topological polar surface area (TPSA) is 36.2 Å². The largest absolute Gasteiger partial charge is 0.619 e. The second-order valence-electron chi connectivity index (χ2n) is 5.62. The number of pyridine rings is 1. The van der Waals surface area contributed by atoms with E-state index >= 15 is 0 Å². The lowest BCUT2D eigenvalue weighted by Gasteiger charge is -2.36. The van der Waals surface area contributed by atoms with Crippen LogP contribution in [0.1, 0.15) is 26.3 Å². The molecule has 90 valence electrons. The molecular formula is C12H21NO2Si. The average molecular weight is 239 g/mol. The highest BCUT2D eigenvalue weighted by atomic mass is 28.4. The van der Waals surface area contributed by atoms with Gasteiger partial charge in [0.25, 0.3) is 0 Å². The molecule has 0 fully saturated rings. The summed E-state index contributed by atoms with van der Waals surface area (Å²) < 4.78 is 6.83. The standard InChI is InChI=1S/C12H21NO2Si/c1-12(2,3)16(4,5)15-10-11-6-8-13(14)9-7-11/h6-9H,10H2,1-5H3. The monoisotopic (exact) mass is 239 g/mol. The lowest BCUT2D eigenvalue weighted by molar-refractivity contribution is -0.605. The predicted molar refractivity (Wildman–Crippen MR) is 67.4 cm³/mol. The van der Waals surface area contributed by atoms with Gasteiger partial charge in [0.2, 0.25) is 0 Å². The van der Waals surface area contributed by atoms with E-state index < -0.39 is 8.32 Å². The zero-order valence-electron chi connectivity index (χ0n) is 10.8. The summed E-state index contributed by atoms with van der Waals surface area (Å²) >= 11 is 0. The Balaban J connectivity index is 2.61. The van der Waals surface area contributed by atoms with Gasteiger partial charge < -0.3 is 9.63 Å². The first-order valence-electron chi connectivity index (χ1n) is 5.54. The second kappa shape index (κ2) is 4.55. The van der Waals surface area contributed by atoms with Gasteiger partial charge in [-0.05, 0) is 23.7 Å². The molecule has 0 saturated heterocycles. The van der Waals surface area contributed by atoms with Gasteiger partial charge in [-0.2, -0.15) is 4.73 Å². The number of hydrogen-bond donors (Lipinski definition) is 0. The van der Waals surface area contributed by atoms with Crippen LogP contribution in [-0.2, 0) is 11.0 Å². The molecule has 0 unspecified atom stereocenters. The Kier molecular flexibility index (Phi) is 3.75. The van der Waals surface area contributed by atoms with Gasteiger partial charge in [0.1, 0.15) is 0 Å². The van der Waals surface area contributed by atoms with Crippen LogP contribution < -0.4 is 4.73 Å². The zero-order valence-corrected chi connectivity index (χ0v) is 11.8. The van der Waals surface area contributed by atoms with Gasteiger partial charge in [-0.25, -0.2) is 0 Å². The average Bonchev–Trinajstić information content (AvgIpc) is 2.15. The van der Waals surface area contributed by atoms with Gasteiger partial charge in [0, 0.05) is 12.1 Å². The summed E-state index contributed by atoms with van der Waals surface area (Å²) in [5, 5.41) is 11.1. The number of hydrogen-bond acceptors (Lipinski definition) is 2. The second-order valence-corrected chi connectivity index (χ2v) is 10.4. The highest BCUT2D eigenvalue weighted by Gasteiger charge is 2.36. The smallest absolute Gasteiger partial charge is 0.192 e. The van der Waals surface area contributed by atoms with Crippen molar-refractivity contribution in [1.29, 1.82) is 0 Å². The normalized spacial score (nSPS) is 12.8. The van der Waals surface area contributed by atoms with Crippen molar-refractivity contribution in [2.75, 3.05) is 0 Å². The van der Waals surface area contributed by atoms with E-state index in [4.69, 9.17) is 4.43 Å².